The Morgan fingerprint density at radius 2 is 1.06 bits per heavy atom. The minimum Gasteiger partial charge on any atom is -0.497 e. The number of ketones is 2. The van der Waals surface area contributed by atoms with Gasteiger partial charge in [0.25, 0.3) is 0 Å². The Morgan fingerprint density at radius 1 is 0.620 bits per heavy atom. The third-order valence-electron chi connectivity index (χ3n) is 23.2. The second-order valence-electron chi connectivity index (χ2n) is 33.4. The average molecular weight is 1540 g/mol. The topological polar surface area (TPSA) is 278 Å². The van der Waals surface area contributed by atoms with Gasteiger partial charge in [0.15, 0.2) is 11.6 Å². The van der Waals surface area contributed by atoms with Crippen molar-refractivity contribution in [2.45, 2.75) is 218 Å². The Hall–Kier alpha value is -7.61. The summed E-state index contributed by atoms with van der Waals surface area (Å²) in [5.41, 5.74) is 2.99. The largest absolute Gasteiger partial charge is 0.497 e. The molecule has 2 saturated heterocycles. The molecule has 2 N–H and O–H groups in total. The highest BCUT2D eigenvalue weighted by Gasteiger charge is 2.66. The molecule has 582 valence electrons. The third-order valence-corrected chi connectivity index (χ3v) is 29.3. The van der Waals surface area contributed by atoms with E-state index in [1.54, 1.807) is 54.4 Å². The summed E-state index contributed by atoms with van der Waals surface area (Å²) in [7, 11) is -4.21. The summed E-state index contributed by atoms with van der Waals surface area (Å²) in [6.45, 7) is 26.7. The lowest BCUT2D eigenvalue weighted by Crippen LogP contribution is -2.48. The van der Waals surface area contributed by atoms with Gasteiger partial charge in [0.05, 0.1) is 108 Å². The number of esters is 2. The number of benzene rings is 3. The van der Waals surface area contributed by atoms with Crippen molar-refractivity contribution >= 4 is 83.2 Å². The number of carbonyl (C=O) groups excluding carboxylic acids is 6. The van der Waals surface area contributed by atoms with Crippen LogP contribution in [0.5, 0.6) is 23.0 Å². The summed E-state index contributed by atoms with van der Waals surface area (Å²) in [6, 6.07) is 22.7. The van der Waals surface area contributed by atoms with Gasteiger partial charge in [-0.3, -0.25) is 37.9 Å². The van der Waals surface area contributed by atoms with Crippen molar-refractivity contribution in [3.05, 3.63) is 115 Å². The molecule has 24 heteroatoms. The number of hydrogen-bond acceptors (Lipinski definition) is 18. The fourth-order valence-electron chi connectivity index (χ4n) is 16.5. The number of thiazole rings is 1. The molecule has 6 aromatic rings. The van der Waals surface area contributed by atoms with Crippen molar-refractivity contribution in [1.29, 1.82) is 0 Å². The van der Waals surface area contributed by atoms with Crippen LogP contribution in [0.4, 0.5) is 0 Å². The summed E-state index contributed by atoms with van der Waals surface area (Å²) >= 11 is 1.59. The minimum atomic E-state index is -3.71. The predicted molar refractivity (Wildman–Crippen MR) is 420 cm³/mol. The van der Waals surface area contributed by atoms with E-state index in [0.29, 0.717) is 64.2 Å². The first kappa shape index (κ1) is 81.4. The molecule has 0 bridgehead atoms. The van der Waals surface area contributed by atoms with Crippen LogP contribution in [0.15, 0.2) is 110 Å². The number of carbonyl (C=O) groups is 6. The van der Waals surface area contributed by atoms with Gasteiger partial charge in [-0.05, 0) is 117 Å². The fourth-order valence-corrected chi connectivity index (χ4v) is 21.3. The van der Waals surface area contributed by atoms with Crippen molar-refractivity contribution < 1.29 is 76.1 Å². The zero-order chi connectivity index (χ0) is 78.0. The molecule has 2 amide bonds. The number of fused-ring (bicyclic) bond motifs is 2. The zero-order valence-corrected chi connectivity index (χ0v) is 67.4. The van der Waals surface area contributed by atoms with Gasteiger partial charge in [-0.25, -0.2) is 15.0 Å². The quantitative estimate of drug-likeness (QED) is 0.0251. The molecule has 5 heterocycles. The number of hydrogen-bond donors (Lipinski definition) is 2. The number of rotatable bonds is 29. The van der Waals surface area contributed by atoms with E-state index in [2.05, 4.69) is 27.0 Å². The summed E-state index contributed by atoms with van der Waals surface area (Å²) < 4.78 is 62.8. The van der Waals surface area contributed by atoms with E-state index in [-0.39, 0.29) is 105 Å². The number of amides is 2. The SMILES string of the molecule is C=C[C@@H]1C[C@]1(CC(=O)[C@@H]1C[C@@H](Oc2cc(-c3ccccc3)nc3cc(OC)ccc23)CN1C(=O)[C@@H](CC(=O)OC1CCCC1)C(C)(C)C)P(C)(=O)O.C=C[C@@H]1C[C@]1(CC(=O)[C@@H]1C[C@@H](Oc2cc(-c3csc(CC(C)C)n3)nc3cc(OC)ccc23)CN1C(=O)[C@@H](CC(=O)OC1CCCC1)C(C)(C)C)P(=O)(O)CC. The standard InChI is InChI=1S/C43H58N3O8PS.C41H51N2O8P/c1-9-27-22-43(27,55(50,51)10-2)23-37(47)36-19-30(24-46(36)41(49)32(42(5,6)7)20-40(48)54-28-13-11-12-14-28)53-38-21-34(35-25-56-39(45-35)17-26(3)4)44-33-18-29(52-8)15-16-31(33)38;1-7-27-23-41(27,52(6,47)48)24-36(44)35-20-30(25-43(35)39(46)32(40(2,3)4)21-38(45)51-28-15-11-12-16-28)50-37-22-33(26-13-9-8-10-14-26)42-34-19-29(49-5)17-18-31(34)37/h9,15-16,18,21,25-28,30,32,36H,1,10-14,17,19-20,22-24H2,2-8H3,(H,50,51);7-10,13-14,17-19,22,27-28,30,32,35H,1,11-12,15-16,20-21,23-25H2,2-6H3,(H,47,48)/t27-,30-,32-,36+,43-;27-,30-,32-,35+,41-/m11/s1. The monoisotopic (exact) mass is 1540 g/mol. The Labute approximate surface area is 639 Å². The molecule has 12 atom stereocenters. The third kappa shape index (κ3) is 18.2. The lowest BCUT2D eigenvalue weighted by Gasteiger charge is -2.35. The first-order chi connectivity index (χ1) is 51.1. The van der Waals surface area contributed by atoms with E-state index in [4.69, 9.17) is 43.4 Å². The predicted octanol–water partition coefficient (Wildman–Crippen LogP) is 16.2. The minimum absolute atomic E-state index is 0.0407. The zero-order valence-electron chi connectivity index (χ0n) is 64.8. The van der Waals surface area contributed by atoms with Gasteiger partial charge in [-0.1, -0.05) is 105 Å². The van der Waals surface area contributed by atoms with Crippen LogP contribution in [0.2, 0.25) is 0 Å². The summed E-state index contributed by atoms with van der Waals surface area (Å²) in [5.74, 6) is -1.35. The molecule has 2 unspecified atom stereocenters. The Bertz CT molecular complexity index is 4440. The van der Waals surface area contributed by atoms with E-state index in [0.717, 1.165) is 84.8 Å². The molecule has 6 aliphatic rings. The molecule has 2 aliphatic heterocycles. The van der Waals surface area contributed by atoms with Crippen LogP contribution in [0, 0.1) is 40.4 Å². The lowest BCUT2D eigenvalue weighted by molar-refractivity contribution is -0.156. The van der Waals surface area contributed by atoms with Crippen LogP contribution < -0.4 is 18.9 Å². The number of nitrogens with zero attached hydrogens (tertiary/aromatic N) is 5. The molecule has 108 heavy (non-hydrogen) atoms. The molecule has 0 spiro atoms. The van der Waals surface area contributed by atoms with Crippen LogP contribution in [0.25, 0.3) is 44.5 Å². The number of likely N-dealkylation sites (tertiary alicyclic amines) is 2. The van der Waals surface area contributed by atoms with Crippen molar-refractivity contribution in [3.63, 3.8) is 0 Å². The normalized spacial score (nSPS) is 24.6. The van der Waals surface area contributed by atoms with E-state index >= 15 is 0 Å². The first-order valence-corrected chi connectivity index (χ1v) is 43.2. The Balaban J connectivity index is 0.000000215. The maximum absolute atomic E-state index is 14.8. The lowest BCUT2D eigenvalue weighted by atomic mass is 9.77. The van der Waals surface area contributed by atoms with Crippen LogP contribution in [0.1, 0.15) is 170 Å². The molecule has 12 rings (SSSR count). The van der Waals surface area contributed by atoms with Crippen molar-refractivity contribution in [2.24, 2.45) is 40.4 Å². The Morgan fingerprint density at radius 3 is 1.48 bits per heavy atom. The summed E-state index contributed by atoms with van der Waals surface area (Å²) in [6.07, 6.45) is 10.7. The van der Waals surface area contributed by atoms with Gasteiger partial charge in [0.1, 0.15) is 47.4 Å². The van der Waals surface area contributed by atoms with Crippen molar-refractivity contribution in [3.8, 4) is 45.6 Å². The molecule has 0 radical (unpaired) electrons. The van der Waals surface area contributed by atoms with Crippen LogP contribution in [-0.2, 0) is 53.8 Å². The second-order valence-corrected chi connectivity index (χ2v) is 39.9. The Kier molecular flexibility index (Phi) is 25.0. The highest BCUT2D eigenvalue weighted by Crippen LogP contribution is 2.73. The number of aromatic nitrogens is 3. The van der Waals surface area contributed by atoms with E-state index in [1.807, 2.05) is 126 Å². The van der Waals surface area contributed by atoms with Gasteiger partial charge in [0, 0.05) is 90.9 Å². The van der Waals surface area contributed by atoms with Crippen LogP contribution in [-0.4, -0.2) is 157 Å². The van der Waals surface area contributed by atoms with Gasteiger partial charge in [-0.2, -0.15) is 0 Å². The molecule has 4 aliphatic carbocycles. The van der Waals surface area contributed by atoms with E-state index < -0.39 is 83.9 Å². The maximum Gasteiger partial charge on any atom is 0.306 e. The number of Topliss-reactive ketones (excluding diaryl/α,β-unsaturated/α-hetero) is 2. The highest BCUT2D eigenvalue weighted by atomic mass is 32.1. The number of ether oxygens (including phenoxy) is 6. The average Bonchev–Trinajstić information content (AvgIpc) is 1.56. The molecular formula is C84H109N5O16P2S. The molecule has 6 fully saturated rings. The fraction of sp³-hybridized carbons (Fsp3) is 0.560. The van der Waals surface area contributed by atoms with E-state index in [9.17, 15) is 47.7 Å². The maximum atomic E-state index is 14.8. The molecule has 4 saturated carbocycles. The highest BCUT2D eigenvalue weighted by molar-refractivity contribution is 7.60. The molecule has 3 aromatic carbocycles. The van der Waals surface area contributed by atoms with Crippen LogP contribution in [0.3, 0.4) is 0 Å². The number of methoxy groups -OCH3 is 2. The molecule has 21 nitrogen and oxygen atoms in total. The van der Waals surface area contributed by atoms with Gasteiger partial charge in [-0.15, -0.1) is 24.5 Å². The van der Waals surface area contributed by atoms with E-state index in [1.165, 1.54) is 6.66 Å². The van der Waals surface area contributed by atoms with Crippen molar-refractivity contribution in [2.75, 3.05) is 40.1 Å². The molecular weight excluding hydrogens is 1430 g/mol. The number of pyridine rings is 2. The first-order valence-electron chi connectivity index (χ1n) is 38.4. The van der Waals surface area contributed by atoms with Gasteiger partial charge < -0.3 is 48.0 Å². The summed E-state index contributed by atoms with van der Waals surface area (Å²) in [4.78, 5) is 125. The van der Waals surface area contributed by atoms with Gasteiger partial charge >= 0.3 is 11.9 Å². The van der Waals surface area contributed by atoms with Crippen LogP contribution >= 0.6 is 26.1 Å². The smallest absolute Gasteiger partial charge is 0.306 e. The summed E-state index contributed by atoms with van der Waals surface area (Å²) in [5, 5.41) is 2.29. The molecule has 3 aromatic heterocycles. The van der Waals surface area contributed by atoms with Gasteiger partial charge in [0.2, 0.25) is 26.6 Å². The second kappa shape index (κ2) is 33.1. The number of allylic oxidation sites excluding steroid dienone is 2. The van der Waals surface area contributed by atoms with Crippen molar-refractivity contribution in [1.82, 2.24) is 24.8 Å².